The largest absolute Gasteiger partial charge is 0.493 e. The van der Waals surface area contributed by atoms with Gasteiger partial charge in [0.05, 0.1) is 7.11 Å². The van der Waals surface area contributed by atoms with Gasteiger partial charge in [-0.1, -0.05) is 24.6 Å². The topological polar surface area (TPSA) is 31.4 Å². The van der Waals surface area contributed by atoms with Crippen molar-refractivity contribution >= 4 is 12.2 Å². The van der Waals surface area contributed by atoms with E-state index >= 15 is 0 Å². The summed E-state index contributed by atoms with van der Waals surface area (Å²) in [7, 11) is 1.72. The van der Waals surface area contributed by atoms with Crippen LogP contribution in [0.5, 0.6) is 11.5 Å². The smallest absolute Gasteiger partial charge is 0.165 e. The van der Waals surface area contributed by atoms with Crippen molar-refractivity contribution in [1.82, 2.24) is 4.98 Å². The number of pyridine rings is 1. The van der Waals surface area contributed by atoms with Crippen LogP contribution in [0.15, 0.2) is 36.7 Å². The number of hydrogen-bond acceptors (Lipinski definition) is 3. The molecule has 1 aliphatic heterocycles. The molecule has 0 atom stereocenters. The van der Waals surface area contributed by atoms with E-state index in [0.29, 0.717) is 0 Å². The van der Waals surface area contributed by atoms with Gasteiger partial charge in [-0.3, -0.25) is 4.98 Å². The fraction of sp³-hybridized carbons (Fsp3) is 0.381. The number of hydrogen-bond donors (Lipinski definition) is 0. The SMILES string of the molecule is COc1ccc(/C=C/c2ccncc2)c2c1OC1(CCCCC1)C2. The molecule has 24 heavy (non-hydrogen) atoms. The van der Waals surface area contributed by atoms with Gasteiger partial charge >= 0.3 is 0 Å². The fourth-order valence-electron chi connectivity index (χ4n) is 3.94. The maximum Gasteiger partial charge on any atom is 0.165 e. The average Bonchev–Trinajstić information content (AvgIpc) is 3.00. The molecule has 0 amide bonds. The van der Waals surface area contributed by atoms with Crippen LogP contribution in [0.1, 0.15) is 48.8 Å². The fourth-order valence-corrected chi connectivity index (χ4v) is 3.94. The Kier molecular flexibility index (Phi) is 4.01. The highest BCUT2D eigenvalue weighted by molar-refractivity contribution is 5.74. The van der Waals surface area contributed by atoms with Crippen molar-refractivity contribution in [2.75, 3.05) is 7.11 Å². The number of aromatic nitrogens is 1. The van der Waals surface area contributed by atoms with E-state index in [1.165, 1.54) is 30.4 Å². The molecular weight excluding hydrogens is 298 g/mol. The summed E-state index contributed by atoms with van der Waals surface area (Å²) in [6.45, 7) is 0. The summed E-state index contributed by atoms with van der Waals surface area (Å²) < 4.78 is 12.0. The molecule has 0 bridgehead atoms. The second kappa shape index (κ2) is 6.31. The predicted molar refractivity (Wildman–Crippen MR) is 96.3 cm³/mol. The highest BCUT2D eigenvalue weighted by Crippen LogP contribution is 2.49. The van der Waals surface area contributed by atoms with Crippen LogP contribution in [0.25, 0.3) is 12.2 Å². The van der Waals surface area contributed by atoms with Gasteiger partial charge in [0, 0.05) is 24.4 Å². The first kappa shape index (κ1) is 15.3. The van der Waals surface area contributed by atoms with Crippen molar-refractivity contribution in [1.29, 1.82) is 0 Å². The maximum absolute atomic E-state index is 6.48. The van der Waals surface area contributed by atoms with E-state index in [-0.39, 0.29) is 5.60 Å². The number of rotatable bonds is 3. The lowest BCUT2D eigenvalue weighted by Crippen LogP contribution is -2.36. The van der Waals surface area contributed by atoms with Gasteiger partial charge in [0.1, 0.15) is 5.60 Å². The molecule has 0 unspecified atom stereocenters. The van der Waals surface area contributed by atoms with E-state index in [1.807, 2.05) is 30.6 Å². The summed E-state index contributed by atoms with van der Waals surface area (Å²) in [6, 6.07) is 8.19. The van der Waals surface area contributed by atoms with Crippen molar-refractivity contribution in [2.24, 2.45) is 0 Å². The molecule has 1 aromatic heterocycles. The van der Waals surface area contributed by atoms with Crippen LogP contribution in [0, 0.1) is 0 Å². The Hall–Kier alpha value is -2.29. The van der Waals surface area contributed by atoms with E-state index in [9.17, 15) is 0 Å². The lowest BCUT2D eigenvalue weighted by molar-refractivity contribution is 0.0507. The van der Waals surface area contributed by atoms with Gasteiger partial charge in [-0.15, -0.1) is 0 Å². The molecule has 3 nitrogen and oxygen atoms in total. The Morgan fingerprint density at radius 3 is 2.58 bits per heavy atom. The number of fused-ring (bicyclic) bond motifs is 1. The Balaban J connectivity index is 1.68. The molecule has 2 aliphatic rings. The van der Waals surface area contributed by atoms with E-state index in [0.717, 1.165) is 36.3 Å². The minimum absolute atomic E-state index is 0.00548. The summed E-state index contributed by atoms with van der Waals surface area (Å²) >= 11 is 0. The van der Waals surface area contributed by atoms with Crippen LogP contribution in [-0.2, 0) is 6.42 Å². The van der Waals surface area contributed by atoms with Gasteiger partial charge < -0.3 is 9.47 Å². The van der Waals surface area contributed by atoms with Gasteiger partial charge in [-0.2, -0.15) is 0 Å². The molecule has 0 N–H and O–H groups in total. The van der Waals surface area contributed by atoms with Gasteiger partial charge in [0.15, 0.2) is 11.5 Å². The van der Waals surface area contributed by atoms with E-state index in [2.05, 4.69) is 23.2 Å². The molecular formula is C21H23NO2. The normalized spacial score (nSPS) is 18.5. The molecule has 124 valence electrons. The highest BCUT2D eigenvalue weighted by atomic mass is 16.5. The minimum atomic E-state index is -0.00548. The van der Waals surface area contributed by atoms with Gasteiger partial charge in [0.2, 0.25) is 0 Å². The van der Waals surface area contributed by atoms with E-state index < -0.39 is 0 Å². The quantitative estimate of drug-likeness (QED) is 0.806. The predicted octanol–water partition coefficient (Wildman–Crippen LogP) is 4.90. The minimum Gasteiger partial charge on any atom is -0.493 e. The van der Waals surface area contributed by atoms with Crippen LogP contribution in [0.4, 0.5) is 0 Å². The van der Waals surface area contributed by atoms with E-state index in [4.69, 9.17) is 9.47 Å². The van der Waals surface area contributed by atoms with Gasteiger partial charge in [0.25, 0.3) is 0 Å². The van der Waals surface area contributed by atoms with Crippen LogP contribution in [0.2, 0.25) is 0 Å². The number of nitrogens with zero attached hydrogens (tertiary/aromatic N) is 1. The van der Waals surface area contributed by atoms with Crippen molar-refractivity contribution in [3.05, 3.63) is 53.3 Å². The average molecular weight is 321 g/mol. The zero-order chi connectivity index (χ0) is 16.4. The molecule has 0 radical (unpaired) electrons. The summed E-state index contributed by atoms with van der Waals surface area (Å²) in [4.78, 5) is 4.07. The summed E-state index contributed by atoms with van der Waals surface area (Å²) in [5.41, 5.74) is 3.67. The highest BCUT2D eigenvalue weighted by Gasteiger charge is 2.42. The van der Waals surface area contributed by atoms with Crippen LogP contribution < -0.4 is 9.47 Å². The molecule has 2 heterocycles. The lowest BCUT2D eigenvalue weighted by atomic mass is 9.81. The second-order valence-electron chi connectivity index (χ2n) is 6.80. The standard InChI is InChI=1S/C21H23NO2/c1-23-19-8-7-17(6-5-16-9-13-22-14-10-16)18-15-21(24-20(18)19)11-3-2-4-12-21/h5-10,13-14H,2-4,11-12,15H2,1H3/b6-5+. The van der Waals surface area contributed by atoms with E-state index in [1.54, 1.807) is 7.11 Å². The van der Waals surface area contributed by atoms with Crippen molar-refractivity contribution in [2.45, 2.75) is 44.1 Å². The molecule has 1 spiro atoms. The molecule has 1 saturated carbocycles. The van der Waals surface area contributed by atoms with Crippen LogP contribution in [0.3, 0.4) is 0 Å². The molecule has 1 aliphatic carbocycles. The molecule has 1 fully saturated rings. The maximum atomic E-state index is 6.48. The molecule has 1 aromatic carbocycles. The molecule has 4 rings (SSSR count). The van der Waals surface area contributed by atoms with Crippen LogP contribution in [-0.4, -0.2) is 17.7 Å². The van der Waals surface area contributed by atoms with Crippen molar-refractivity contribution in [3.8, 4) is 11.5 Å². The third-order valence-corrected chi connectivity index (χ3v) is 5.22. The zero-order valence-electron chi connectivity index (χ0n) is 14.1. The first-order valence-corrected chi connectivity index (χ1v) is 8.77. The van der Waals surface area contributed by atoms with Crippen LogP contribution >= 0.6 is 0 Å². The summed E-state index contributed by atoms with van der Waals surface area (Å²) in [5.74, 6) is 1.81. The summed E-state index contributed by atoms with van der Waals surface area (Å²) in [6.07, 6.45) is 15.1. The van der Waals surface area contributed by atoms with Gasteiger partial charge in [-0.05, 0) is 55.0 Å². The second-order valence-corrected chi connectivity index (χ2v) is 6.80. The summed E-state index contributed by atoms with van der Waals surface area (Å²) in [5, 5.41) is 0. The van der Waals surface area contributed by atoms with Crippen molar-refractivity contribution < 1.29 is 9.47 Å². The number of methoxy groups -OCH3 is 1. The Labute approximate surface area is 143 Å². The number of benzene rings is 1. The Bertz CT molecular complexity index is 746. The molecule has 2 aromatic rings. The third kappa shape index (κ3) is 2.79. The third-order valence-electron chi connectivity index (χ3n) is 5.22. The molecule has 3 heteroatoms. The number of ether oxygens (including phenoxy) is 2. The van der Waals surface area contributed by atoms with Crippen molar-refractivity contribution in [3.63, 3.8) is 0 Å². The molecule has 0 saturated heterocycles. The first-order valence-electron chi connectivity index (χ1n) is 8.77. The first-order chi connectivity index (χ1) is 11.8. The Morgan fingerprint density at radius 1 is 1.04 bits per heavy atom. The van der Waals surface area contributed by atoms with Gasteiger partial charge in [-0.25, -0.2) is 0 Å². The lowest BCUT2D eigenvalue weighted by Gasteiger charge is -2.32. The Morgan fingerprint density at radius 2 is 1.83 bits per heavy atom. The zero-order valence-corrected chi connectivity index (χ0v) is 14.1. The monoisotopic (exact) mass is 321 g/mol.